The first kappa shape index (κ1) is 9.10. The molecule has 0 aliphatic rings. The molecule has 11 heavy (non-hydrogen) atoms. The molecule has 1 heterocycles. The minimum atomic E-state index is 0.716. The van der Waals surface area contributed by atoms with E-state index < -0.39 is 0 Å². The number of thiophene rings is 1. The Kier molecular flexibility index (Phi) is 3.43. The zero-order valence-corrected chi connectivity index (χ0v) is 8.34. The highest BCUT2D eigenvalue weighted by Gasteiger charge is 2.02. The van der Waals surface area contributed by atoms with Gasteiger partial charge in [-0.1, -0.05) is 6.92 Å². The molecule has 0 bridgehead atoms. The molecule has 3 heteroatoms. The molecule has 0 atom stereocenters. The topological polar surface area (TPSA) is 26.0 Å². The van der Waals surface area contributed by atoms with Crippen LogP contribution in [0.1, 0.15) is 17.4 Å². The lowest BCUT2D eigenvalue weighted by molar-refractivity contribution is 0.956. The fourth-order valence-electron chi connectivity index (χ4n) is 0.984. The Bertz CT molecular complexity index is 230. The number of hydrogen-bond acceptors (Lipinski definition) is 3. The standard InChI is InChI=1S/C8H13NS2/c1-2-7-5-6(3-4-9)8(10)11-7/h5,10H,2-4,9H2,1H3. The molecule has 0 radical (unpaired) electrons. The van der Waals surface area contributed by atoms with E-state index in [2.05, 4.69) is 25.6 Å². The maximum atomic E-state index is 5.45. The van der Waals surface area contributed by atoms with E-state index in [0.29, 0.717) is 6.54 Å². The van der Waals surface area contributed by atoms with Crippen molar-refractivity contribution in [3.05, 3.63) is 16.5 Å². The van der Waals surface area contributed by atoms with E-state index in [4.69, 9.17) is 5.73 Å². The molecule has 0 unspecified atom stereocenters. The lowest BCUT2D eigenvalue weighted by atomic mass is 10.2. The van der Waals surface area contributed by atoms with Gasteiger partial charge in [0, 0.05) is 4.88 Å². The molecule has 1 rings (SSSR count). The molecule has 0 amide bonds. The molecular weight excluding hydrogens is 174 g/mol. The van der Waals surface area contributed by atoms with Crippen LogP contribution in [-0.2, 0) is 12.8 Å². The van der Waals surface area contributed by atoms with E-state index in [1.807, 2.05) is 0 Å². The number of nitrogens with two attached hydrogens (primary N) is 1. The summed E-state index contributed by atoms with van der Waals surface area (Å²) in [6.45, 7) is 2.87. The lowest BCUT2D eigenvalue weighted by Crippen LogP contribution is -2.01. The molecule has 1 nitrogen and oxygen atoms in total. The van der Waals surface area contributed by atoms with E-state index in [1.165, 1.54) is 10.4 Å². The van der Waals surface area contributed by atoms with Crippen molar-refractivity contribution in [1.82, 2.24) is 0 Å². The van der Waals surface area contributed by atoms with Crippen LogP contribution in [0.15, 0.2) is 10.3 Å². The molecule has 0 saturated heterocycles. The molecule has 2 N–H and O–H groups in total. The summed E-state index contributed by atoms with van der Waals surface area (Å²) in [6.07, 6.45) is 2.05. The Hall–Kier alpha value is 0.01000. The van der Waals surface area contributed by atoms with Crippen molar-refractivity contribution in [2.75, 3.05) is 6.54 Å². The molecule has 1 aromatic rings. The van der Waals surface area contributed by atoms with Gasteiger partial charge >= 0.3 is 0 Å². The second-order valence-corrected chi connectivity index (χ2v) is 4.32. The minimum Gasteiger partial charge on any atom is -0.330 e. The molecule has 1 aromatic heterocycles. The Morgan fingerprint density at radius 1 is 1.64 bits per heavy atom. The monoisotopic (exact) mass is 187 g/mol. The van der Waals surface area contributed by atoms with Crippen molar-refractivity contribution in [1.29, 1.82) is 0 Å². The highest BCUT2D eigenvalue weighted by molar-refractivity contribution is 7.83. The SMILES string of the molecule is CCc1cc(CCN)c(S)s1. The number of thiol groups is 1. The van der Waals surface area contributed by atoms with Gasteiger partial charge in [0.1, 0.15) is 0 Å². The summed E-state index contributed by atoms with van der Waals surface area (Å²) in [5.74, 6) is 0. The van der Waals surface area contributed by atoms with Gasteiger partial charge in [0.05, 0.1) is 4.21 Å². The second-order valence-electron chi connectivity index (χ2n) is 2.44. The van der Waals surface area contributed by atoms with Gasteiger partial charge in [-0.2, -0.15) is 0 Å². The van der Waals surface area contributed by atoms with Crippen molar-refractivity contribution >= 4 is 24.0 Å². The van der Waals surface area contributed by atoms with Crippen LogP contribution in [-0.4, -0.2) is 6.54 Å². The maximum absolute atomic E-state index is 5.45. The van der Waals surface area contributed by atoms with Gasteiger partial charge in [-0.15, -0.1) is 24.0 Å². The predicted molar refractivity (Wildman–Crippen MR) is 53.7 cm³/mol. The van der Waals surface area contributed by atoms with E-state index >= 15 is 0 Å². The van der Waals surface area contributed by atoms with Crippen LogP contribution < -0.4 is 5.73 Å². The normalized spacial score (nSPS) is 10.5. The fourth-order valence-corrected chi connectivity index (χ4v) is 2.40. The highest BCUT2D eigenvalue weighted by atomic mass is 32.2. The third kappa shape index (κ3) is 2.22. The third-order valence-electron chi connectivity index (χ3n) is 1.60. The molecule has 0 spiro atoms. The molecule has 0 fully saturated rings. The zero-order chi connectivity index (χ0) is 8.27. The Balaban J connectivity index is 2.79. The Labute approximate surface area is 77.0 Å². The summed E-state index contributed by atoms with van der Waals surface area (Å²) in [6, 6.07) is 2.21. The molecule has 62 valence electrons. The number of hydrogen-bond donors (Lipinski definition) is 2. The molecule has 0 saturated carbocycles. The van der Waals surface area contributed by atoms with E-state index in [-0.39, 0.29) is 0 Å². The second kappa shape index (κ2) is 4.14. The first-order chi connectivity index (χ1) is 5.27. The quantitative estimate of drug-likeness (QED) is 0.696. The molecular formula is C8H13NS2. The van der Waals surface area contributed by atoms with Gasteiger partial charge in [0.2, 0.25) is 0 Å². The summed E-state index contributed by atoms with van der Waals surface area (Å²) in [4.78, 5) is 1.40. The van der Waals surface area contributed by atoms with E-state index in [9.17, 15) is 0 Å². The van der Waals surface area contributed by atoms with Crippen molar-refractivity contribution in [2.24, 2.45) is 5.73 Å². The first-order valence-corrected chi connectivity index (χ1v) is 5.05. The third-order valence-corrected chi connectivity index (χ3v) is 3.29. The van der Waals surface area contributed by atoms with Crippen LogP contribution in [0.4, 0.5) is 0 Å². The van der Waals surface area contributed by atoms with Crippen LogP contribution in [0.2, 0.25) is 0 Å². The summed E-state index contributed by atoms with van der Waals surface area (Å²) in [5.41, 5.74) is 6.75. The van der Waals surface area contributed by atoms with Crippen LogP contribution in [0.3, 0.4) is 0 Å². The average molecular weight is 187 g/mol. The predicted octanol–water partition coefficient (Wildman–Crippen LogP) is 2.10. The fraction of sp³-hybridized carbons (Fsp3) is 0.500. The van der Waals surface area contributed by atoms with Crippen LogP contribution in [0.25, 0.3) is 0 Å². The van der Waals surface area contributed by atoms with Crippen LogP contribution >= 0.6 is 24.0 Å². The summed E-state index contributed by atoms with van der Waals surface area (Å²) in [5, 5.41) is 0. The van der Waals surface area contributed by atoms with Gasteiger partial charge in [-0.25, -0.2) is 0 Å². The van der Waals surface area contributed by atoms with Crippen molar-refractivity contribution in [3.63, 3.8) is 0 Å². The van der Waals surface area contributed by atoms with E-state index in [1.54, 1.807) is 11.3 Å². The van der Waals surface area contributed by atoms with Gasteiger partial charge < -0.3 is 5.73 Å². The maximum Gasteiger partial charge on any atom is 0.0603 e. The average Bonchev–Trinajstić information content (AvgIpc) is 2.33. The summed E-state index contributed by atoms with van der Waals surface area (Å²) < 4.78 is 1.13. The molecule has 0 aliphatic carbocycles. The zero-order valence-electron chi connectivity index (χ0n) is 6.63. The lowest BCUT2D eigenvalue weighted by Gasteiger charge is -1.92. The van der Waals surface area contributed by atoms with Gasteiger partial charge in [-0.05, 0) is 31.0 Å². The van der Waals surface area contributed by atoms with Gasteiger partial charge in [-0.3, -0.25) is 0 Å². The minimum absolute atomic E-state index is 0.716. The largest absolute Gasteiger partial charge is 0.330 e. The van der Waals surface area contributed by atoms with Gasteiger partial charge in [0.25, 0.3) is 0 Å². The summed E-state index contributed by atoms with van der Waals surface area (Å²) in [7, 11) is 0. The first-order valence-electron chi connectivity index (χ1n) is 3.78. The molecule has 0 aromatic carbocycles. The van der Waals surface area contributed by atoms with E-state index in [0.717, 1.165) is 17.1 Å². The molecule has 0 aliphatic heterocycles. The smallest absolute Gasteiger partial charge is 0.0603 e. The van der Waals surface area contributed by atoms with Gasteiger partial charge in [0.15, 0.2) is 0 Å². The van der Waals surface area contributed by atoms with Crippen LogP contribution in [0, 0.1) is 0 Å². The van der Waals surface area contributed by atoms with Crippen LogP contribution in [0.5, 0.6) is 0 Å². The Morgan fingerprint density at radius 3 is 2.82 bits per heavy atom. The number of aryl methyl sites for hydroxylation is 1. The Morgan fingerprint density at radius 2 is 2.36 bits per heavy atom. The van der Waals surface area contributed by atoms with Crippen molar-refractivity contribution < 1.29 is 0 Å². The number of rotatable bonds is 3. The van der Waals surface area contributed by atoms with Crippen molar-refractivity contribution in [3.8, 4) is 0 Å². The van der Waals surface area contributed by atoms with Crippen molar-refractivity contribution in [2.45, 2.75) is 24.0 Å². The highest BCUT2D eigenvalue weighted by Crippen LogP contribution is 2.26. The summed E-state index contributed by atoms with van der Waals surface area (Å²) >= 11 is 6.13.